The molecule has 2 aromatic carbocycles. The molecule has 0 saturated heterocycles. The molecule has 1 N–H and O–H groups in total. The summed E-state index contributed by atoms with van der Waals surface area (Å²) in [6, 6.07) is 9.96. The highest BCUT2D eigenvalue weighted by Gasteiger charge is 2.33. The van der Waals surface area contributed by atoms with Gasteiger partial charge >= 0.3 is 0 Å². The van der Waals surface area contributed by atoms with Crippen LogP contribution in [-0.4, -0.2) is 26.6 Å². The summed E-state index contributed by atoms with van der Waals surface area (Å²) in [6.45, 7) is 1.71. The van der Waals surface area contributed by atoms with Crippen LogP contribution in [0.1, 0.15) is 13.3 Å². The van der Waals surface area contributed by atoms with Gasteiger partial charge in [-0.1, -0.05) is 41.7 Å². The molecule has 0 aliphatic rings. The van der Waals surface area contributed by atoms with Crippen molar-refractivity contribution in [2.45, 2.75) is 19.4 Å². The number of nitrogens with one attached hydrogen (secondary N) is 1. The number of rotatable bonds is 6. The average Bonchev–Trinajstić information content (AvgIpc) is 2.56. The normalized spacial score (nSPS) is 12.5. The number of anilines is 2. The maximum atomic E-state index is 12.8. The Hall–Kier alpha value is -1.47. The number of carbonyl (C=O) groups excluding carboxylic acids is 1. The lowest BCUT2D eigenvalue weighted by Gasteiger charge is -2.30. The lowest BCUT2D eigenvalue weighted by atomic mass is 10.1. The van der Waals surface area contributed by atoms with Gasteiger partial charge in [0.25, 0.3) is 0 Å². The third kappa shape index (κ3) is 5.04. The predicted molar refractivity (Wildman–Crippen MR) is 108 cm³/mol. The second-order valence-electron chi connectivity index (χ2n) is 5.57. The zero-order valence-corrected chi connectivity index (χ0v) is 17.1. The first-order valence-corrected chi connectivity index (χ1v) is 10.6. The number of hydrogen-bond donors (Lipinski definition) is 1. The van der Waals surface area contributed by atoms with E-state index in [9.17, 15) is 13.2 Å². The van der Waals surface area contributed by atoms with Crippen LogP contribution in [0.15, 0.2) is 42.5 Å². The van der Waals surface area contributed by atoms with Crippen LogP contribution in [0, 0.1) is 0 Å². The summed E-state index contributed by atoms with van der Waals surface area (Å²) in [5.74, 6) is -0.490. The van der Waals surface area contributed by atoms with Crippen molar-refractivity contribution in [3.8, 4) is 0 Å². The van der Waals surface area contributed by atoms with E-state index in [0.29, 0.717) is 15.7 Å². The number of hydrogen-bond acceptors (Lipinski definition) is 3. The molecule has 0 saturated carbocycles. The Kier molecular flexibility index (Phi) is 6.80. The van der Waals surface area contributed by atoms with E-state index in [2.05, 4.69) is 5.32 Å². The van der Waals surface area contributed by atoms with Gasteiger partial charge in [0.1, 0.15) is 6.04 Å². The highest BCUT2D eigenvalue weighted by atomic mass is 35.5. The Morgan fingerprint density at radius 2 is 1.65 bits per heavy atom. The summed E-state index contributed by atoms with van der Waals surface area (Å²) in [5, 5.41) is 3.71. The third-order valence-corrected chi connectivity index (χ3v) is 5.56. The van der Waals surface area contributed by atoms with Crippen molar-refractivity contribution in [3.63, 3.8) is 0 Å². The fraction of sp³-hybridized carbons (Fsp3) is 0.235. The first kappa shape index (κ1) is 20.8. The molecule has 0 radical (unpaired) electrons. The minimum Gasteiger partial charge on any atom is -0.324 e. The number of nitrogens with zero attached hydrogens (tertiary/aromatic N) is 1. The third-order valence-electron chi connectivity index (χ3n) is 3.59. The molecule has 0 aliphatic heterocycles. The Balaban J connectivity index is 2.42. The second kappa shape index (κ2) is 8.48. The summed E-state index contributed by atoms with van der Waals surface area (Å²) in [7, 11) is -3.80. The fourth-order valence-electron chi connectivity index (χ4n) is 2.45. The zero-order valence-electron chi connectivity index (χ0n) is 14.0. The van der Waals surface area contributed by atoms with Crippen molar-refractivity contribution in [1.29, 1.82) is 0 Å². The van der Waals surface area contributed by atoms with Crippen molar-refractivity contribution in [2.75, 3.05) is 15.9 Å². The van der Waals surface area contributed by atoms with Crippen molar-refractivity contribution < 1.29 is 13.2 Å². The van der Waals surface area contributed by atoms with E-state index in [-0.39, 0.29) is 17.1 Å². The van der Waals surface area contributed by atoms with Gasteiger partial charge < -0.3 is 5.32 Å². The highest BCUT2D eigenvalue weighted by Crippen LogP contribution is 2.33. The van der Waals surface area contributed by atoms with Crippen LogP contribution < -0.4 is 9.62 Å². The molecule has 140 valence electrons. The van der Waals surface area contributed by atoms with Crippen LogP contribution in [0.3, 0.4) is 0 Å². The summed E-state index contributed by atoms with van der Waals surface area (Å²) >= 11 is 18.0. The van der Waals surface area contributed by atoms with E-state index in [4.69, 9.17) is 34.8 Å². The van der Waals surface area contributed by atoms with E-state index in [0.717, 1.165) is 10.6 Å². The molecule has 0 aromatic heterocycles. The van der Waals surface area contributed by atoms with Crippen molar-refractivity contribution in [3.05, 3.63) is 57.5 Å². The number of carbonyl (C=O) groups is 1. The Labute approximate surface area is 167 Å². The SMILES string of the molecule is CC[C@H](C(=O)Nc1ccc(Cl)cc1)N(c1cc(Cl)ccc1Cl)S(C)(=O)=O. The first-order chi connectivity index (χ1) is 12.1. The summed E-state index contributed by atoms with van der Waals surface area (Å²) in [5.41, 5.74) is 0.656. The zero-order chi connectivity index (χ0) is 19.5. The van der Waals surface area contributed by atoms with Crippen LogP contribution >= 0.6 is 34.8 Å². The molecule has 5 nitrogen and oxygen atoms in total. The van der Waals surface area contributed by atoms with Gasteiger partial charge in [-0.2, -0.15) is 0 Å². The van der Waals surface area contributed by atoms with Crippen LogP contribution in [-0.2, 0) is 14.8 Å². The smallest absolute Gasteiger partial charge is 0.248 e. The van der Waals surface area contributed by atoms with Crippen LogP contribution in [0.25, 0.3) is 0 Å². The van der Waals surface area contributed by atoms with Crippen LogP contribution in [0.4, 0.5) is 11.4 Å². The van der Waals surface area contributed by atoms with Gasteiger partial charge in [-0.3, -0.25) is 9.10 Å². The molecule has 2 rings (SSSR count). The molecule has 26 heavy (non-hydrogen) atoms. The maximum Gasteiger partial charge on any atom is 0.248 e. The van der Waals surface area contributed by atoms with Gasteiger partial charge in [0, 0.05) is 15.7 Å². The van der Waals surface area contributed by atoms with Crippen molar-refractivity contribution in [1.82, 2.24) is 0 Å². The summed E-state index contributed by atoms with van der Waals surface area (Å²) in [4.78, 5) is 12.8. The largest absolute Gasteiger partial charge is 0.324 e. The van der Waals surface area contributed by atoms with E-state index >= 15 is 0 Å². The van der Waals surface area contributed by atoms with Gasteiger partial charge in [-0.05, 0) is 48.9 Å². The summed E-state index contributed by atoms with van der Waals surface area (Å²) in [6.07, 6.45) is 1.25. The average molecular weight is 436 g/mol. The fourth-order valence-corrected chi connectivity index (χ4v) is 4.22. The molecular weight excluding hydrogens is 419 g/mol. The van der Waals surface area contributed by atoms with Gasteiger partial charge in [-0.15, -0.1) is 0 Å². The van der Waals surface area contributed by atoms with Gasteiger partial charge in [-0.25, -0.2) is 8.42 Å². The molecule has 0 aliphatic carbocycles. The molecular formula is C17H17Cl3N2O3S. The molecule has 0 heterocycles. The lowest BCUT2D eigenvalue weighted by Crippen LogP contribution is -2.47. The Morgan fingerprint density at radius 3 is 2.19 bits per heavy atom. The molecule has 0 bridgehead atoms. The van der Waals surface area contributed by atoms with Crippen molar-refractivity contribution in [2.24, 2.45) is 0 Å². The number of halogens is 3. The number of benzene rings is 2. The second-order valence-corrected chi connectivity index (χ2v) is 8.71. The molecule has 1 amide bonds. The molecule has 0 unspecified atom stereocenters. The van der Waals surface area contributed by atoms with Gasteiger partial charge in [0.15, 0.2) is 0 Å². The Morgan fingerprint density at radius 1 is 1.08 bits per heavy atom. The van der Waals surface area contributed by atoms with E-state index in [1.807, 2.05) is 0 Å². The summed E-state index contributed by atoms with van der Waals surface area (Å²) < 4.78 is 25.8. The molecule has 1 atom stereocenters. The van der Waals surface area contributed by atoms with Gasteiger partial charge in [0.05, 0.1) is 17.0 Å². The van der Waals surface area contributed by atoms with Crippen LogP contribution in [0.5, 0.6) is 0 Å². The topological polar surface area (TPSA) is 66.5 Å². The van der Waals surface area contributed by atoms with Gasteiger partial charge in [0.2, 0.25) is 15.9 Å². The maximum absolute atomic E-state index is 12.8. The monoisotopic (exact) mass is 434 g/mol. The number of sulfonamides is 1. The molecule has 0 spiro atoms. The van der Waals surface area contributed by atoms with E-state index in [1.165, 1.54) is 12.1 Å². The van der Waals surface area contributed by atoms with E-state index in [1.54, 1.807) is 37.3 Å². The molecule has 0 fully saturated rings. The van der Waals surface area contributed by atoms with Crippen molar-refractivity contribution >= 4 is 62.1 Å². The molecule has 9 heteroatoms. The first-order valence-electron chi connectivity index (χ1n) is 7.64. The predicted octanol–water partition coefficient (Wildman–Crippen LogP) is 4.83. The highest BCUT2D eigenvalue weighted by molar-refractivity contribution is 7.92. The number of amides is 1. The lowest BCUT2D eigenvalue weighted by molar-refractivity contribution is -0.117. The van der Waals surface area contributed by atoms with Crippen LogP contribution in [0.2, 0.25) is 15.1 Å². The minimum atomic E-state index is -3.80. The molecule has 2 aromatic rings. The minimum absolute atomic E-state index is 0.153. The van der Waals surface area contributed by atoms with E-state index < -0.39 is 22.0 Å². The quantitative estimate of drug-likeness (QED) is 0.706. The Bertz CT molecular complexity index is 902. The standard InChI is InChI=1S/C17H17Cl3N2O3S/c1-3-15(17(23)21-13-7-4-11(18)5-8-13)22(26(2,24)25)16-10-12(19)6-9-14(16)20/h4-10,15H,3H2,1-2H3,(H,21,23)/t15-/m1/s1.